The Morgan fingerprint density at radius 3 is 2.76 bits per heavy atom. The molecule has 2 aromatic carbocycles. The number of hydrogen-bond donors (Lipinski definition) is 1. The molecular formula is C32H26F2N6O4S. The zero-order valence-corrected chi connectivity index (χ0v) is 24.8. The summed E-state index contributed by atoms with van der Waals surface area (Å²) in [5.41, 5.74) is 2.58. The predicted octanol–water partition coefficient (Wildman–Crippen LogP) is 5.89. The number of nitrogens with zero attached hydrogens (tertiary/aromatic N) is 6. The molecule has 1 aliphatic rings. The summed E-state index contributed by atoms with van der Waals surface area (Å²) >= 11 is 1.47. The molecule has 1 aliphatic heterocycles. The van der Waals surface area contributed by atoms with E-state index in [9.17, 15) is 9.90 Å². The summed E-state index contributed by atoms with van der Waals surface area (Å²) in [5.74, 6) is -1.58. The van der Waals surface area contributed by atoms with E-state index in [4.69, 9.17) is 9.47 Å². The first-order chi connectivity index (χ1) is 21.8. The fraction of sp³-hybridized carbons (Fsp3) is 0.219. The lowest BCUT2D eigenvalue weighted by Gasteiger charge is -2.27. The summed E-state index contributed by atoms with van der Waals surface area (Å²) in [7, 11) is 1.85. The lowest BCUT2D eigenvalue weighted by Crippen LogP contribution is -2.31. The van der Waals surface area contributed by atoms with Crippen molar-refractivity contribution in [1.29, 1.82) is 0 Å². The molecule has 13 heteroatoms. The van der Waals surface area contributed by atoms with Crippen molar-refractivity contribution in [2.24, 2.45) is 7.05 Å². The number of carboxylic acid groups (broad SMARTS) is 1. The normalized spacial score (nSPS) is 14.5. The van der Waals surface area contributed by atoms with Crippen molar-refractivity contribution in [2.45, 2.75) is 32.1 Å². The molecule has 6 aromatic rings. The Bertz CT molecular complexity index is 2050. The average molecular weight is 629 g/mol. The van der Waals surface area contributed by atoms with Gasteiger partial charge >= 0.3 is 5.97 Å². The van der Waals surface area contributed by atoms with E-state index in [1.807, 2.05) is 17.8 Å². The summed E-state index contributed by atoms with van der Waals surface area (Å²) in [6.45, 7) is 1.24. The first kappa shape index (κ1) is 28.7. The Morgan fingerprint density at radius 1 is 1.13 bits per heavy atom. The molecule has 0 spiro atoms. The Kier molecular flexibility index (Phi) is 7.55. The molecule has 1 N–H and O–H groups in total. The van der Waals surface area contributed by atoms with Crippen LogP contribution >= 0.6 is 11.3 Å². The number of halogens is 2. The quantitative estimate of drug-likeness (QED) is 0.200. The number of carboxylic acids is 1. The van der Waals surface area contributed by atoms with E-state index in [-0.39, 0.29) is 47.4 Å². The van der Waals surface area contributed by atoms with Crippen LogP contribution in [0.5, 0.6) is 5.88 Å². The smallest absolute Gasteiger partial charge is 0.335 e. The van der Waals surface area contributed by atoms with Crippen LogP contribution < -0.4 is 4.74 Å². The van der Waals surface area contributed by atoms with Gasteiger partial charge in [0.15, 0.2) is 0 Å². The summed E-state index contributed by atoms with van der Waals surface area (Å²) in [6.07, 6.45) is 6.21. The van der Waals surface area contributed by atoms with Gasteiger partial charge in [0.25, 0.3) is 0 Å². The van der Waals surface area contributed by atoms with E-state index in [1.165, 1.54) is 17.4 Å². The van der Waals surface area contributed by atoms with Crippen LogP contribution in [0, 0.1) is 11.6 Å². The Morgan fingerprint density at radius 2 is 2.00 bits per heavy atom. The van der Waals surface area contributed by atoms with E-state index in [0.29, 0.717) is 30.0 Å². The van der Waals surface area contributed by atoms with Crippen LogP contribution in [0.25, 0.3) is 32.7 Å². The molecule has 0 unspecified atom stereocenters. The number of carbonyl (C=O) groups is 1. The summed E-state index contributed by atoms with van der Waals surface area (Å²) < 4.78 is 46.0. The predicted molar refractivity (Wildman–Crippen MR) is 162 cm³/mol. The zero-order valence-electron chi connectivity index (χ0n) is 24.0. The fourth-order valence-electron chi connectivity index (χ4n) is 5.21. The third kappa shape index (κ3) is 5.91. The van der Waals surface area contributed by atoms with Crippen molar-refractivity contribution >= 4 is 28.3 Å². The van der Waals surface area contributed by atoms with Crippen LogP contribution in [0.1, 0.15) is 33.2 Å². The minimum absolute atomic E-state index is 0.00172. The Labute approximate surface area is 259 Å². The van der Waals surface area contributed by atoms with Gasteiger partial charge < -0.3 is 19.1 Å². The molecule has 1 fully saturated rings. The van der Waals surface area contributed by atoms with Gasteiger partial charge in [-0.15, -0.1) is 11.3 Å². The molecule has 5 heterocycles. The van der Waals surface area contributed by atoms with Crippen LogP contribution in [0.3, 0.4) is 0 Å². The zero-order chi connectivity index (χ0) is 31.1. The van der Waals surface area contributed by atoms with Crippen molar-refractivity contribution in [3.8, 4) is 27.6 Å². The van der Waals surface area contributed by atoms with E-state index in [1.54, 1.807) is 47.4 Å². The number of benzene rings is 2. The number of hydrogen-bond acceptors (Lipinski definition) is 8. The summed E-state index contributed by atoms with van der Waals surface area (Å²) in [6, 6.07) is 11.8. The Hall–Kier alpha value is -5.01. The summed E-state index contributed by atoms with van der Waals surface area (Å²) in [5, 5.41) is 14.4. The lowest BCUT2D eigenvalue weighted by atomic mass is 10.0. The number of aryl methyl sites for hydroxylation is 1. The van der Waals surface area contributed by atoms with Gasteiger partial charge in [-0.3, -0.25) is 4.68 Å². The highest BCUT2D eigenvalue weighted by Crippen LogP contribution is 2.30. The molecule has 0 bridgehead atoms. The van der Waals surface area contributed by atoms with E-state index < -0.39 is 17.6 Å². The van der Waals surface area contributed by atoms with E-state index >= 15 is 8.78 Å². The monoisotopic (exact) mass is 628 g/mol. The number of aromatic nitrogens is 6. The van der Waals surface area contributed by atoms with Gasteiger partial charge in [0, 0.05) is 49.7 Å². The molecule has 1 atom stereocenters. The topological polar surface area (TPSA) is 117 Å². The van der Waals surface area contributed by atoms with Crippen molar-refractivity contribution in [3.05, 3.63) is 101 Å². The van der Waals surface area contributed by atoms with Crippen LogP contribution in [0.2, 0.25) is 0 Å². The first-order valence-corrected chi connectivity index (χ1v) is 15.0. The van der Waals surface area contributed by atoms with Crippen molar-refractivity contribution in [3.63, 3.8) is 0 Å². The molecule has 45 heavy (non-hydrogen) atoms. The highest BCUT2D eigenvalue weighted by Gasteiger charge is 2.24. The number of thiazole rings is 1. The number of ether oxygens (including phenoxy) is 2. The molecule has 4 aromatic heterocycles. The van der Waals surface area contributed by atoms with Gasteiger partial charge in [-0.1, -0.05) is 6.07 Å². The largest absolute Gasteiger partial charge is 0.478 e. The van der Waals surface area contributed by atoms with Crippen molar-refractivity contribution in [1.82, 2.24) is 29.3 Å². The molecular weight excluding hydrogens is 602 g/mol. The number of fused-ring (bicyclic) bond motifs is 1. The number of aromatic carboxylic acids is 1. The third-order valence-corrected chi connectivity index (χ3v) is 8.64. The highest BCUT2D eigenvalue weighted by molar-refractivity contribution is 7.15. The number of rotatable bonds is 10. The van der Waals surface area contributed by atoms with Crippen molar-refractivity contribution in [2.75, 3.05) is 6.61 Å². The Balaban J connectivity index is 1.11. The SMILES string of the molecule is Cn1cc(-c2cnc(COc3cccc(-c4cc(F)c(Cc5nc6ccc(C(=O)O)cc6n5C[C@@H]5CCO5)cc4F)n3)s2)cn1. The van der Waals surface area contributed by atoms with Gasteiger partial charge in [0.2, 0.25) is 5.88 Å². The van der Waals surface area contributed by atoms with E-state index in [2.05, 4.69) is 20.1 Å². The van der Waals surface area contributed by atoms with Crippen LogP contribution in [0.15, 0.2) is 67.1 Å². The minimum Gasteiger partial charge on any atom is -0.478 e. The van der Waals surface area contributed by atoms with Crippen LogP contribution in [0.4, 0.5) is 8.78 Å². The van der Waals surface area contributed by atoms with Crippen LogP contribution in [-0.4, -0.2) is 53.1 Å². The van der Waals surface area contributed by atoms with Gasteiger partial charge in [0.05, 0.1) is 46.0 Å². The van der Waals surface area contributed by atoms with Crippen LogP contribution in [-0.2, 0) is 31.4 Å². The lowest BCUT2D eigenvalue weighted by molar-refractivity contribution is -0.0589. The molecule has 1 saturated heterocycles. The highest BCUT2D eigenvalue weighted by atomic mass is 32.1. The standard InChI is InChI=1S/C32H26F2N6O4S/c1-39-15-20(13-36-39)28-14-35-31(45-28)17-44-30-4-2-3-25(38-30)22-12-23(33)19(9-24(22)34)11-29-37-26-6-5-18(32(41)42)10-27(26)40(29)16-21-7-8-43-21/h2-6,9-10,12-15,21H,7-8,11,16-17H2,1H3,(H,41,42)/t21-/m0/s1. The molecule has 0 aliphatic carbocycles. The van der Waals surface area contributed by atoms with Gasteiger partial charge in [0.1, 0.15) is 29.1 Å². The maximum atomic E-state index is 15.5. The second-order valence-electron chi connectivity index (χ2n) is 10.7. The second kappa shape index (κ2) is 11.8. The maximum Gasteiger partial charge on any atom is 0.335 e. The molecule has 10 nitrogen and oxygen atoms in total. The molecule has 7 rings (SSSR count). The molecule has 228 valence electrons. The average Bonchev–Trinajstić information content (AvgIpc) is 3.74. The number of pyridine rings is 1. The summed E-state index contributed by atoms with van der Waals surface area (Å²) in [4.78, 5) is 26.0. The fourth-order valence-corrected chi connectivity index (χ4v) is 6.01. The number of imidazole rings is 1. The molecule has 0 radical (unpaired) electrons. The first-order valence-electron chi connectivity index (χ1n) is 14.2. The van der Waals surface area contributed by atoms with Gasteiger partial charge in [-0.25, -0.2) is 28.5 Å². The molecule has 0 amide bonds. The van der Waals surface area contributed by atoms with E-state index in [0.717, 1.165) is 34.0 Å². The maximum absolute atomic E-state index is 15.5. The minimum atomic E-state index is -1.06. The van der Waals surface area contributed by atoms with Crippen molar-refractivity contribution < 1.29 is 28.2 Å². The van der Waals surface area contributed by atoms with Gasteiger partial charge in [-0.2, -0.15) is 5.10 Å². The second-order valence-corrected chi connectivity index (χ2v) is 11.8. The van der Waals surface area contributed by atoms with Gasteiger partial charge in [-0.05, 0) is 48.4 Å². The molecule has 0 saturated carbocycles. The third-order valence-electron chi connectivity index (χ3n) is 7.62.